The van der Waals surface area contributed by atoms with Crippen LogP contribution in [-0.2, 0) is 4.79 Å². The van der Waals surface area contributed by atoms with Crippen molar-refractivity contribution in [1.29, 1.82) is 5.26 Å². The molecule has 0 saturated carbocycles. The number of nitriles is 1. The lowest BCUT2D eigenvalue weighted by molar-refractivity contribution is -0.113. The minimum absolute atomic E-state index is 0.105. The molecule has 4 aromatic rings. The Morgan fingerprint density at radius 2 is 2.06 bits per heavy atom. The minimum atomic E-state index is -0.232. The van der Waals surface area contributed by atoms with Gasteiger partial charge in [-0.2, -0.15) is 5.26 Å². The molecule has 33 heavy (non-hydrogen) atoms. The number of carbonyl (C=O) groups is 1. The molecule has 0 saturated heterocycles. The normalized spacial score (nSPS) is 10.6. The molecule has 0 bridgehead atoms. The molecule has 0 spiro atoms. The van der Waals surface area contributed by atoms with Crippen LogP contribution < -0.4 is 10.1 Å². The number of amides is 1. The predicted molar refractivity (Wildman–Crippen MR) is 131 cm³/mol. The van der Waals surface area contributed by atoms with Crippen LogP contribution in [-0.4, -0.2) is 33.0 Å². The molecule has 0 aliphatic rings. The van der Waals surface area contributed by atoms with Crippen molar-refractivity contribution in [3.8, 4) is 28.9 Å². The van der Waals surface area contributed by atoms with E-state index < -0.39 is 0 Å². The second-order valence-electron chi connectivity index (χ2n) is 6.69. The molecule has 2 aromatic carbocycles. The number of benzene rings is 2. The summed E-state index contributed by atoms with van der Waals surface area (Å²) in [4.78, 5) is 12.5. The van der Waals surface area contributed by atoms with Crippen molar-refractivity contribution in [3.63, 3.8) is 0 Å². The number of carbonyl (C=O) groups excluding carboxylic acids is 1. The number of halogens is 1. The van der Waals surface area contributed by atoms with E-state index >= 15 is 0 Å². The number of nitrogens with zero attached hydrogens (tertiary/aromatic N) is 4. The SMILES string of the molecule is CCOc1ccc(-n2c(SCC(=O)Nc3sccc3C#N)nnc2-c2cccc(Cl)c2)cc1. The van der Waals surface area contributed by atoms with Crippen LogP contribution in [0.4, 0.5) is 5.00 Å². The van der Waals surface area contributed by atoms with E-state index in [1.165, 1.54) is 23.1 Å². The first-order chi connectivity index (χ1) is 16.1. The van der Waals surface area contributed by atoms with Gasteiger partial charge in [0.25, 0.3) is 0 Å². The van der Waals surface area contributed by atoms with Gasteiger partial charge in [-0.3, -0.25) is 9.36 Å². The molecule has 0 aliphatic carbocycles. The molecule has 7 nitrogen and oxygen atoms in total. The smallest absolute Gasteiger partial charge is 0.235 e. The predicted octanol–water partition coefficient (Wildman–Crippen LogP) is 5.65. The van der Waals surface area contributed by atoms with Crippen molar-refractivity contribution in [1.82, 2.24) is 14.8 Å². The number of thiophene rings is 1. The number of hydrogen-bond donors (Lipinski definition) is 1. The summed E-state index contributed by atoms with van der Waals surface area (Å²) in [6.07, 6.45) is 0. The Labute approximate surface area is 204 Å². The van der Waals surface area contributed by atoms with E-state index in [9.17, 15) is 4.79 Å². The molecule has 4 rings (SSSR count). The molecular formula is C23H18ClN5O2S2. The molecule has 2 heterocycles. The highest BCUT2D eigenvalue weighted by Gasteiger charge is 2.18. The highest BCUT2D eigenvalue weighted by molar-refractivity contribution is 7.99. The van der Waals surface area contributed by atoms with Crippen LogP contribution in [0.1, 0.15) is 12.5 Å². The molecule has 0 atom stereocenters. The average molecular weight is 496 g/mol. The molecule has 0 aliphatic heterocycles. The summed E-state index contributed by atoms with van der Waals surface area (Å²) in [7, 11) is 0. The summed E-state index contributed by atoms with van der Waals surface area (Å²) < 4.78 is 7.43. The lowest BCUT2D eigenvalue weighted by Crippen LogP contribution is -2.14. The largest absolute Gasteiger partial charge is 0.494 e. The fourth-order valence-corrected chi connectivity index (χ4v) is 4.75. The second-order valence-corrected chi connectivity index (χ2v) is 8.99. The van der Waals surface area contributed by atoms with Crippen LogP contribution in [0.25, 0.3) is 17.1 Å². The highest BCUT2D eigenvalue weighted by Crippen LogP contribution is 2.30. The fraction of sp³-hybridized carbons (Fsp3) is 0.130. The van der Waals surface area contributed by atoms with Crippen LogP contribution in [0.15, 0.2) is 65.1 Å². The summed E-state index contributed by atoms with van der Waals surface area (Å²) in [6.45, 7) is 2.51. The number of aromatic nitrogens is 3. The van der Waals surface area contributed by atoms with Gasteiger partial charge >= 0.3 is 0 Å². The van der Waals surface area contributed by atoms with E-state index in [2.05, 4.69) is 21.6 Å². The number of hydrogen-bond acceptors (Lipinski definition) is 7. The first kappa shape index (κ1) is 22.9. The van der Waals surface area contributed by atoms with E-state index in [1.807, 2.05) is 54.0 Å². The molecule has 1 N–H and O–H groups in total. The Hall–Kier alpha value is -3.32. The van der Waals surface area contributed by atoms with Gasteiger partial charge in [-0.25, -0.2) is 0 Å². The number of ether oxygens (including phenoxy) is 1. The van der Waals surface area contributed by atoms with Gasteiger partial charge in [0.1, 0.15) is 16.8 Å². The Balaban J connectivity index is 1.62. The quantitative estimate of drug-likeness (QED) is 0.317. The van der Waals surface area contributed by atoms with E-state index in [-0.39, 0.29) is 11.7 Å². The zero-order chi connectivity index (χ0) is 23.2. The van der Waals surface area contributed by atoms with E-state index in [0.29, 0.717) is 33.2 Å². The lowest BCUT2D eigenvalue weighted by atomic mass is 10.2. The molecule has 166 valence electrons. The average Bonchev–Trinajstić information content (AvgIpc) is 3.45. The van der Waals surface area contributed by atoms with Crippen LogP contribution in [0.3, 0.4) is 0 Å². The number of anilines is 1. The zero-order valence-corrected chi connectivity index (χ0v) is 19.9. The van der Waals surface area contributed by atoms with Crippen molar-refractivity contribution >= 4 is 45.6 Å². The van der Waals surface area contributed by atoms with Gasteiger partial charge < -0.3 is 10.1 Å². The Morgan fingerprint density at radius 3 is 2.79 bits per heavy atom. The van der Waals surface area contributed by atoms with Gasteiger partial charge in [0.2, 0.25) is 5.91 Å². The maximum absolute atomic E-state index is 12.5. The summed E-state index contributed by atoms with van der Waals surface area (Å²) >= 11 is 8.76. The van der Waals surface area contributed by atoms with Crippen molar-refractivity contribution in [2.75, 3.05) is 17.7 Å². The van der Waals surface area contributed by atoms with Gasteiger partial charge in [0.15, 0.2) is 11.0 Å². The monoisotopic (exact) mass is 495 g/mol. The third kappa shape index (κ3) is 5.37. The number of rotatable bonds is 8. The fourth-order valence-electron chi connectivity index (χ4n) is 3.06. The van der Waals surface area contributed by atoms with Gasteiger partial charge in [-0.05, 0) is 54.8 Å². The summed E-state index contributed by atoms with van der Waals surface area (Å²) in [5.74, 6) is 1.24. The Kier molecular flexibility index (Phi) is 7.29. The van der Waals surface area contributed by atoms with Crippen LogP contribution >= 0.6 is 34.7 Å². The van der Waals surface area contributed by atoms with Gasteiger partial charge in [0, 0.05) is 16.3 Å². The number of nitrogens with one attached hydrogen (secondary N) is 1. The molecule has 2 aromatic heterocycles. The lowest BCUT2D eigenvalue weighted by Gasteiger charge is -2.12. The summed E-state index contributed by atoms with van der Waals surface area (Å²) in [6, 6.07) is 18.7. The standard InChI is InChI=1S/C23H18ClN5O2S2/c1-2-31-19-8-6-18(7-9-19)29-21(15-4-3-5-17(24)12-15)27-28-23(29)33-14-20(30)26-22-16(13-25)10-11-32-22/h3-12H,2,14H2,1H3,(H,26,30). The van der Waals surface area contributed by atoms with E-state index in [0.717, 1.165) is 17.0 Å². The van der Waals surface area contributed by atoms with Crippen LogP contribution in [0, 0.1) is 11.3 Å². The van der Waals surface area contributed by atoms with Crippen molar-refractivity contribution < 1.29 is 9.53 Å². The topological polar surface area (TPSA) is 92.8 Å². The minimum Gasteiger partial charge on any atom is -0.494 e. The first-order valence-corrected chi connectivity index (χ1v) is 12.2. The molecule has 1 amide bonds. The summed E-state index contributed by atoms with van der Waals surface area (Å²) in [5, 5.41) is 24.1. The van der Waals surface area contributed by atoms with Gasteiger partial charge in [0.05, 0.1) is 17.9 Å². The van der Waals surface area contributed by atoms with E-state index in [1.54, 1.807) is 17.5 Å². The van der Waals surface area contributed by atoms with Gasteiger partial charge in [-0.1, -0.05) is 35.5 Å². The molecular weight excluding hydrogens is 478 g/mol. The van der Waals surface area contributed by atoms with Crippen molar-refractivity contribution in [2.45, 2.75) is 12.1 Å². The van der Waals surface area contributed by atoms with Crippen molar-refractivity contribution in [3.05, 3.63) is 70.6 Å². The first-order valence-electron chi connectivity index (χ1n) is 9.94. The van der Waals surface area contributed by atoms with Gasteiger partial charge in [-0.15, -0.1) is 21.5 Å². The maximum Gasteiger partial charge on any atom is 0.235 e. The van der Waals surface area contributed by atoms with Crippen molar-refractivity contribution in [2.24, 2.45) is 0 Å². The summed E-state index contributed by atoms with van der Waals surface area (Å²) in [5.41, 5.74) is 2.07. The molecule has 10 heteroatoms. The number of thioether (sulfide) groups is 1. The molecule has 0 radical (unpaired) electrons. The Bertz CT molecular complexity index is 1310. The maximum atomic E-state index is 12.5. The highest BCUT2D eigenvalue weighted by atomic mass is 35.5. The van der Waals surface area contributed by atoms with Crippen LogP contribution in [0.5, 0.6) is 5.75 Å². The molecule has 0 fully saturated rings. The van der Waals surface area contributed by atoms with Crippen LogP contribution in [0.2, 0.25) is 5.02 Å². The van der Waals surface area contributed by atoms with E-state index in [4.69, 9.17) is 21.6 Å². The Morgan fingerprint density at radius 1 is 1.24 bits per heavy atom. The third-order valence-electron chi connectivity index (χ3n) is 4.49. The molecule has 0 unspecified atom stereocenters. The zero-order valence-electron chi connectivity index (χ0n) is 17.5. The third-order valence-corrected chi connectivity index (χ3v) is 6.49. The second kappa shape index (κ2) is 10.5.